The lowest BCUT2D eigenvalue weighted by Crippen LogP contribution is -2.15. The van der Waals surface area contributed by atoms with Gasteiger partial charge < -0.3 is 9.67 Å². The summed E-state index contributed by atoms with van der Waals surface area (Å²) < 4.78 is 2.07. The Hall–Kier alpha value is -3.90. The molecule has 1 aromatic heterocycles. The summed E-state index contributed by atoms with van der Waals surface area (Å²) in [5.74, 6) is 1.57. The van der Waals surface area contributed by atoms with E-state index >= 15 is 0 Å². The van der Waals surface area contributed by atoms with Gasteiger partial charge in [-0.2, -0.15) is 5.11 Å². The van der Waals surface area contributed by atoms with Crippen molar-refractivity contribution >= 4 is 5.84 Å². The molecule has 0 fully saturated rings. The summed E-state index contributed by atoms with van der Waals surface area (Å²) in [6.45, 7) is 6.55. The standard InChI is InChI=1S/C29H29N5O/c1-20-32-27(29(2,3)35)18-34(20)17-22-9-12-24(13-10-22)26-16-23(15-21-7-5-4-6-8-21)11-14-25(26)28-30-19-31-33-28/h4-14,16,18,35H,15,17,19H2,1-3H3. The molecule has 0 amide bonds. The van der Waals surface area contributed by atoms with Gasteiger partial charge in [0.25, 0.3) is 0 Å². The maximum Gasteiger partial charge on any atom is 0.179 e. The number of aromatic nitrogens is 2. The molecule has 0 atom stereocenters. The Morgan fingerprint density at radius 2 is 1.63 bits per heavy atom. The first-order valence-electron chi connectivity index (χ1n) is 11.8. The first-order chi connectivity index (χ1) is 16.9. The van der Waals surface area contributed by atoms with Gasteiger partial charge in [0.1, 0.15) is 11.4 Å². The van der Waals surface area contributed by atoms with Crippen molar-refractivity contribution in [3.8, 4) is 11.1 Å². The molecule has 1 aliphatic rings. The van der Waals surface area contributed by atoms with Crippen molar-refractivity contribution in [1.29, 1.82) is 0 Å². The summed E-state index contributed by atoms with van der Waals surface area (Å²) in [5.41, 5.74) is 6.62. The Morgan fingerprint density at radius 1 is 0.886 bits per heavy atom. The van der Waals surface area contributed by atoms with Gasteiger partial charge in [-0.3, -0.25) is 0 Å². The topological polar surface area (TPSA) is 75.1 Å². The van der Waals surface area contributed by atoms with Crippen LogP contribution in [-0.2, 0) is 18.6 Å². The Morgan fingerprint density at radius 3 is 2.29 bits per heavy atom. The molecule has 3 aromatic carbocycles. The molecule has 6 nitrogen and oxygen atoms in total. The van der Waals surface area contributed by atoms with Crippen LogP contribution in [0.3, 0.4) is 0 Å². The minimum absolute atomic E-state index is 0.385. The minimum atomic E-state index is -0.957. The summed E-state index contributed by atoms with van der Waals surface area (Å²) in [5, 5.41) is 18.6. The molecule has 1 aliphatic heterocycles. The van der Waals surface area contributed by atoms with Gasteiger partial charge in [-0.1, -0.05) is 72.8 Å². The van der Waals surface area contributed by atoms with E-state index in [1.165, 1.54) is 11.1 Å². The molecular formula is C29H29N5O. The SMILES string of the molecule is Cc1nc(C(C)(C)O)cn1Cc1ccc(-c2cc(Cc3ccccc3)ccc2C2=NCN=N2)cc1. The third-order valence-corrected chi connectivity index (χ3v) is 6.25. The molecule has 2 heterocycles. The molecule has 6 heteroatoms. The van der Waals surface area contributed by atoms with Gasteiger partial charge in [-0.15, -0.1) is 5.11 Å². The fraction of sp³-hybridized carbons (Fsp3) is 0.241. The van der Waals surface area contributed by atoms with Crippen LogP contribution >= 0.6 is 0 Å². The van der Waals surface area contributed by atoms with E-state index in [2.05, 4.69) is 91.5 Å². The van der Waals surface area contributed by atoms with Crippen molar-refractivity contribution < 1.29 is 5.11 Å². The molecular weight excluding hydrogens is 434 g/mol. The van der Waals surface area contributed by atoms with E-state index < -0.39 is 5.60 Å². The van der Waals surface area contributed by atoms with Crippen LogP contribution in [0.4, 0.5) is 0 Å². The Balaban J connectivity index is 1.45. The van der Waals surface area contributed by atoms with Crippen LogP contribution in [0, 0.1) is 6.92 Å². The van der Waals surface area contributed by atoms with E-state index in [0.29, 0.717) is 24.7 Å². The van der Waals surface area contributed by atoms with E-state index in [1.54, 1.807) is 13.8 Å². The lowest BCUT2D eigenvalue weighted by atomic mass is 9.93. The molecule has 0 radical (unpaired) electrons. The number of nitrogens with zero attached hydrogens (tertiary/aromatic N) is 5. The van der Waals surface area contributed by atoms with E-state index in [4.69, 9.17) is 0 Å². The van der Waals surface area contributed by atoms with E-state index in [1.807, 2.05) is 19.2 Å². The Kier molecular flexibility index (Phi) is 6.14. The number of benzene rings is 3. The van der Waals surface area contributed by atoms with Gasteiger partial charge >= 0.3 is 0 Å². The highest BCUT2D eigenvalue weighted by molar-refractivity contribution is 6.05. The van der Waals surface area contributed by atoms with Crippen LogP contribution in [0.25, 0.3) is 11.1 Å². The van der Waals surface area contributed by atoms with Crippen molar-refractivity contribution in [3.05, 3.63) is 113 Å². The highest BCUT2D eigenvalue weighted by atomic mass is 16.3. The molecule has 0 aliphatic carbocycles. The van der Waals surface area contributed by atoms with Crippen LogP contribution in [-0.4, -0.2) is 27.2 Å². The van der Waals surface area contributed by atoms with Crippen molar-refractivity contribution in [2.45, 2.75) is 39.3 Å². The summed E-state index contributed by atoms with van der Waals surface area (Å²) >= 11 is 0. The molecule has 0 saturated carbocycles. The summed E-state index contributed by atoms with van der Waals surface area (Å²) in [7, 11) is 0. The van der Waals surface area contributed by atoms with Gasteiger partial charge in [-0.05, 0) is 55.0 Å². The van der Waals surface area contributed by atoms with Crippen LogP contribution in [0.5, 0.6) is 0 Å². The van der Waals surface area contributed by atoms with Crippen molar-refractivity contribution in [2.24, 2.45) is 15.2 Å². The maximum absolute atomic E-state index is 10.3. The highest BCUT2D eigenvalue weighted by Crippen LogP contribution is 2.29. The normalized spacial score (nSPS) is 13.3. The second-order valence-electron chi connectivity index (χ2n) is 9.46. The molecule has 176 valence electrons. The van der Waals surface area contributed by atoms with Gasteiger partial charge in [0.15, 0.2) is 12.5 Å². The average molecular weight is 464 g/mol. The van der Waals surface area contributed by atoms with Crippen molar-refractivity contribution in [3.63, 3.8) is 0 Å². The zero-order valence-corrected chi connectivity index (χ0v) is 20.3. The first-order valence-corrected chi connectivity index (χ1v) is 11.8. The highest BCUT2D eigenvalue weighted by Gasteiger charge is 2.20. The van der Waals surface area contributed by atoms with Gasteiger partial charge in [0, 0.05) is 18.3 Å². The predicted octanol–water partition coefficient (Wildman–Crippen LogP) is 5.89. The smallest absolute Gasteiger partial charge is 0.179 e. The zero-order valence-electron chi connectivity index (χ0n) is 20.3. The van der Waals surface area contributed by atoms with Gasteiger partial charge in [-0.25, -0.2) is 9.98 Å². The minimum Gasteiger partial charge on any atom is -0.384 e. The first kappa shape index (κ1) is 22.9. The predicted molar refractivity (Wildman–Crippen MR) is 139 cm³/mol. The number of aliphatic hydroxyl groups is 1. The van der Waals surface area contributed by atoms with Crippen LogP contribution in [0.15, 0.2) is 94.2 Å². The number of aliphatic imine (C=N–C) groups is 1. The number of amidine groups is 1. The molecule has 0 saturated heterocycles. The van der Waals surface area contributed by atoms with Crippen LogP contribution in [0.1, 0.15) is 47.6 Å². The number of aryl methyl sites for hydroxylation is 1. The second kappa shape index (κ2) is 9.39. The number of hydrogen-bond donors (Lipinski definition) is 1. The summed E-state index contributed by atoms with van der Waals surface area (Å²) in [6, 6.07) is 25.6. The van der Waals surface area contributed by atoms with Crippen LogP contribution in [0.2, 0.25) is 0 Å². The van der Waals surface area contributed by atoms with Gasteiger partial charge in [0.2, 0.25) is 0 Å². The van der Waals surface area contributed by atoms with Crippen molar-refractivity contribution in [1.82, 2.24) is 9.55 Å². The van der Waals surface area contributed by atoms with Gasteiger partial charge in [0.05, 0.1) is 5.69 Å². The lowest BCUT2D eigenvalue weighted by molar-refractivity contribution is 0.0741. The van der Waals surface area contributed by atoms with E-state index in [0.717, 1.165) is 34.5 Å². The largest absolute Gasteiger partial charge is 0.384 e. The van der Waals surface area contributed by atoms with E-state index in [9.17, 15) is 5.11 Å². The average Bonchev–Trinajstić information content (AvgIpc) is 3.51. The zero-order chi connectivity index (χ0) is 24.4. The summed E-state index contributed by atoms with van der Waals surface area (Å²) in [4.78, 5) is 8.99. The third kappa shape index (κ3) is 5.12. The quantitative estimate of drug-likeness (QED) is 0.371. The second-order valence-corrected chi connectivity index (χ2v) is 9.46. The number of azo groups is 1. The molecule has 1 N–H and O–H groups in total. The molecule has 0 spiro atoms. The lowest BCUT2D eigenvalue weighted by Gasteiger charge is -2.13. The summed E-state index contributed by atoms with van der Waals surface area (Å²) in [6.07, 6.45) is 2.79. The maximum atomic E-state index is 10.3. The monoisotopic (exact) mass is 463 g/mol. The fourth-order valence-electron chi connectivity index (χ4n) is 4.28. The molecule has 35 heavy (non-hydrogen) atoms. The Bertz CT molecular complexity index is 1390. The molecule has 5 rings (SSSR count). The molecule has 0 unspecified atom stereocenters. The van der Waals surface area contributed by atoms with E-state index in [-0.39, 0.29) is 0 Å². The number of hydrogen-bond acceptors (Lipinski definition) is 5. The Labute approximate surface area is 205 Å². The molecule has 0 bridgehead atoms. The third-order valence-electron chi connectivity index (χ3n) is 6.25. The number of imidazole rings is 1. The fourth-order valence-corrected chi connectivity index (χ4v) is 4.28. The number of rotatable bonds is 7. The van der Waals surface area contributed by atoms with Crippen LogP contribution < -0.4 is 0 Å². The van der Waals surface area contributed by atoms with Crippen molar-refractivity contribution in [2.75, 3.05) is 6.67 Å². The molecule has 4 aromatic rings.